The van der Waals surface area contributed by atoms with Gasteiger partial charge >= 0.3 is 59.1 Å². The zero-order valence-electron chi connectivity index (χ0n) is 19.0. The first-order valence-corrected chi connectivity index (χ1v) is 11.3. The number of anilines is 1. The molecule has 0 saturated carbocycles. The zero-order chi connectivity index (χ0) is 22.3. The van der Waals surface area contributed by atoms with Crippen LogP contribution in [0.4, 0.5) is 11.4 Å². The van der Waals surface area contributed by atoms with E-state index in [0.29, 0.717) is 0 Å². The summed E-state index contributed by atoms with van der Waals surface area (Å²) in [5, 5.41) is 12.7. The Hall–Kier alpha value is -0.710. The maximum absolute atomic E-state index is 12.7. The van der Waals surface area contributed by atoms with Gasteiger partial charge < -0.3 is 2.85 Å². The van der Waals surface area contributed by atoms with E-state index in [0.717, 1.165) is 29.3 Å². The molecule has 0 saturated heterocycles. The zero-order valence-corrected chi connectivity index (χ0v) is 23.4. The van der Waals surface area contributed by atoms with Gasteiger partial charge in [-0.1, -0.05) is 11.6 Å². The molecule has 1 aliphatic rings. The number of carbonyl (C=O) groups excluding carboxylic acids is 1. The number of azo groups is 1. The van der Waals surface area contributed by atoms with Crippen LogP contribution in [0.15, 0.2) is 67.6 Å². The monoisotopic (exact) mass is 520 g/mol. The predicted molar refractivity (Wildman–Crippen MR) is 109 cm³/mol. The van der Waals surface area contributed by atoms with Gasteiger partial charge in [0.2, 0.25) is 0 Å². The van der Waals surface area contributed by atoms with Gasteiger partial charge in [0.15, 0.2) is 6.04 Å². The van der Waals surface area contributed by atoms with Crippen molar-refractivity contribution in [2.24, 2.45) is 15.3 Å². The molecule has 1 amide bonds. The number of hydrogen-bond acceptors (Lipinski definition) is 8. The standard InChI is InChI=1S/C16H13ClN4O7S2.2Na.2H/c1-9-15(19-18-10-2-4-11(5-3-10)29(23,24)25)16(22)21(20-9)14-8-12(30(26,27)28)6-7-13(14)17;;;;/h2-8,15H,1H3,(H,23,24,25)(H,26,27,28);;;;/q;2*+1;2*-1. The summed E-state index contributed by atoms with van der Waals surface area (Å²) in [7, 11) is -8.87. The van der Waals surface area contributed by atoms with E-state index in [1.54, 1.807) is 0 Å². The molecule has 1 unspecified atom stereocenters. The Labute approximate surface area is 236 Å². The third-order valence-corrected chi connectivity index (χ3v) is 6.00. The number of hydrazone groups is 1. The van der Waals surface area contributed by atoms with Gasteiger partial charge in [0.25, 0.3) is 26.1 Å². The molecule has 0 aliphatic carbocycles. The molecule has 0 aromatic heterocycles. The minimum absolute atomic E-state index is 0. The normalized spacial score (nSPS) is 16.5. The van der Waals surface area contributed by atoms with E-state index in [1.165, 1.54) is 25.1 Å². The van der Waals surface area contributed by atoms with Gasteiger partial charge in [-0.3, -0.25) is 13.9 Å². The third kappa shape index (κ3) is 6.67. The summed E-state index contributed by atoms with van der Waals surface area (Å²) in [5.41, 5.74) is 0.394. The van der Waals surface area contributed by atoms with Crippen molar-refractivity contribution in [3.05, 3.63) is 47.5 Å². The number of halogens is 1. The molecule has 162 valence electrons. The smallest absolute Gasteiger partial charge is 1.00 e. The van der Waals surface area contributed by atoms with Crippen molar-refractivity contribution in [2.45, 2.75) is 22.8 Å². The summed E-state index contributed by atoms with van der Waals surface area (Å²) in [6, 6.07) is 6.94. The van der Waals surface area contributed by atoms with Crippen LogP contribution in [-0.4, -0.2) is 43.6 Å². The van der Waals surface area contributed by atoms with Gasteiger partial charge in [0, 0.05) is 0 Å². The average molecular weight is 521 g/mol. The molecule has 0 radical (unpaired) electrons. The Morgan fingerprint density at radius 2 is 1.53 bits per heavy atom. The topological polar surface area (TPSA) is 166 Å². The van der Waals surface area contributed by atoms with Crippen molar-refractivity contribution in [2.75, 3.05) is 5.01 Å². The van der Waals surface area contributed by atoms with Crippen LogP contribution in [0.1, 0.15) is 9.78 Å². The van der Waals surface area contributed by atoms with Crippen molar-refractivity contribution in [1.82, 2.24) is 0 Å². The quantitative estimate of drug-likeness (QED) is 0.240. The number of amides is 1. The summed E-state index contributed by atoms with van der Waals surface area (Å²) in [6.07, 6.45) is 0. The second kappa shape index (κ2) is 11.1. The molecule has 0 bridgehead atoms. The van der Waals surface area contributed by atoms with E-state index in [-0.39, 0.29) is 89.0 Å². The first kappa shape index (κ1) is 29.3. The number of benzene rings is 2. The molecule has 32 heavy (non-hydrogen) atoms. The molecule has 11 nitrogen and oxygen atoms in total. The fraction of sp³-hybridized carbons (Fsp3) is 0.125. The Bertz CT molecular complexity index is 1310. The number of hydrogen-bond donors (Lipinski definition) is 2. The van der Waals surface area contributed by atoms with Crippen LogP contribution in [0, 0.1) is 0 Å². The summed E-state index contributed by atoms with van der Waals surface area (Å²) in [6.45, 7) is 1.50. The molecule has 16 heteroatoms. The summed E-state index contributed by atoms with van der Waals surface area (Å²) < 4.78 is 63.0. The minimum atomic E-state index is -4.52. The molecule has 1 heterocycles. The van der Waals surface area contributed by atoms with Crippen molar-refractivity contribution in [3.8, 4) is 0 Å². The minimum Gasteiger partial charge on any atom is -1.00 e. The van der Waals surface area contributed by atoms with Crippen LogP contribution in [0.2, 0.25) is 5.02 Å². The fourth-order valence-corrected chi connectivity index (χ4v) is 3.66. The molecule has 1 atom stereocenters. The van der Waals surface area contributed by atoms with Gasteiger partial charge in [-0.25, -0.2) is 0 Å². The molecule has 2 N–H and O–H groups in total. The van der Waals surface area contributed by atoms with Crippen LogP contribution in [-0.2, 0) is 25.0 Å². The van der Waals surface area contributed by atoms with E-state index in [2.05, 4.69) is 15.3 Å². The van der Waals surface area contributed by atoms with Gasteiger partial charge in [0.05, 0.1) is 31.9 Å². The molecule has 1 aliphatic heterocycles. The maximum atomic E-state index is 12.7. The van der Waals surface area contributed by atoms with E-state index < -0.39 is 37.1 Å². The Morgan fingerprint density at radius 1 is 1.00 bits per heavy atom. The van der Waals surface area contributed by atoms with Crippen molar-refractivity contribution >= 4 is 54.8 Å². The molecule has 3 rings (SSSR count). The Balaban J connectivity index is 0. The maximum Gasteiger partial charge on any atom is 1.00 e. The average Bonchev–Trinajstić information content (AvgIpc) is 2.93. The molecule has 0 fully saturated rings. The molecular weight excluding hydrogens is 506 g/mol. The van der Waals surface area contributed by atoms with Crippen LogP contribution < -0.4 is 64.1 Å². The molecule has 2 aromatic carbocycles. The fourth-order valence-electron chi connectivity index (χ4n) is 2.49. The largest absolute Gasteiger partial charge is 1.00 e. The van der Waals surface area contributed by atoms with E-state index in [1.807, 2.05) is 0 Å². The number of nitrogens with zero attached hydrogens (tertiary/aromatic N) is 4. The van der Waals surface area contributed by atoms with E-state index in [4.69, 9.17) is 16.2 Å². The first-order chi connectivity index (χ1) is 13.9. The Kier molecular flexibility index (Phi) is 10.2. The molecular formula is C16H15ClN4Na2O7S2. The van der Waals surface area contributed by atoms with Gasteiger partial charge in [0.1, 0.15) is 0 Å². The van der Waals surface area contributed by atoms with Gasteiger partial charge in [-0.15, -0.1) is 0 Å². The first-order valence-electron chi connectivity index (χ1n) is 8.02. The summed E-state index contributed by atoms with van der Waals surface area (Å²) in [4.78, 5) is 11.9. The SMILES string of the molecule is CC1=NN(c2cc(S(=O)(=O)O)ccc2Cl)C(=O)C1N=Nc1ccc(S(=O)(=O)O)cc1.[H-].[H-].[Na+].[Na+]. The Morgan fingerprint density at radius 3 is 2.06 bits per heavy atom. The van der Waals surface area contributed by atoms with Gasteiger partial charge in [-0.05, 0) is 49.4 Å². The second-order valence-corrected chi connectivity index (χ2v) is 9.32. The predicted octanol–water partition coefficient (Wildman–Crippen LogP) is -3.06. The third-order valence-electron chi connectivity index (χ3n) is 3.96. The summed E-state index contributed by atoms with van der Waals surface area (Å²) in [5.74, 6) is -0.666. The molecule has 0 spiro atoms. The molecule has 2 aromatic rings. The van der Waals surface area contributed by atoms with Crippen molar-refractivity contribution in [1.29, 1.82) is 0 Å². The van der Waals surface area contributed by atoms with Crippen LogP contribution in [0.25, 0.3) is 0 Å². The second-order valence-electron chi connectivity index (χ2n) is 6.07. The van der Waals surface area contributed by atoms with E-state index in [9.17, 15) is 26.2 Å². The van der Waals surface area contributed by atoms with Crippen LogP contribution in [0.5, 0.6) is 0 Å². The van der Waals surface area contributed by atoms with Crippen LogP contribution in [0.3, 0.4) is 0 Å². The van der Waals surface area contributed by atoms with Crippen molar-refractivity contribution < 1.29 is 92.7 Å². The van der Waals surface area contributed by atoms with Crippen molar-refractivity contribution in [3.63, 3.8) is 0 Å². The number of carbonyl (C=O) groups is 1. The van der Waals surface area contributed by atoms with E-state index >= 15 is 0 Å². The van der Waals surface area contributed by atoms with Gasteiger partial charge in [-0.2, -0.15) is 37.2 Å². The van der Waals surface area contributed by atoms with Crippen LogP contribution >= 0.6 is 11.6 Å². The summed E-state index contributed by atoms with van der Waals surface area (Å²) >= 11 is 6.05. The number of rotatable bonds is 5.